The van der Waals surface area contributed by atoms with Crippen LogP contribution in [0.25, 0.3) is 0 Å². The molecule has 0 radical (unpaired) electrons. The van der Waals surface area contributed by atoms with E-state index < -0.39 is 0 Å². The molecule has 0 aliphatic heterocycles. The topological polar surface area (TPSA) is 45.2 Å². The van der Waals surface area contributed by atoms with Crippen LogP contribution < -0.4 is 5.32 Å². The second kappa shape index (κ2) is 6.92. The van der Waals surface area contributed by atoms with Crippen LogP contribution in [0, 0.1) is 24.2 Å². The Labute approximate surface area is 101 Å². The zero-order chi connectivity index (χ0) is 12.5. The van der Waals surface area contributed by atoms with Gasteiger partial charge in [0.25, 0.3) is 0 Å². The fourth-order valence-electron chi connectivity index (χ4n) is 1.12. The molecular formula is C13H13N3O. The minimum absolute atomic E-state index is 0.223. The molecule has 0 aliphatic carbocycles. The Bertz CT molecular complexity index is 465. The number of nitrogens with one attached hydrogen (secondary N) is 1. The number of carbonyl (C=O) groups is 1. The average Bonchev–Trinajstić information content (AvgIpc) is 2.35. The molecule has 1 heterocycles. The lowest BCUT2D eigenvalue weighted by Gasteiger charge is -2.17. The number of carbonyl (C=O) groups excluding carboxylic acids is 1. The van der Waals surface area contributed by atoms with E-state index in [1.54, 1.807) is 31.5 Å². The number of anilines is 1. The lowest BCUT2D eigenvalue weighted by molar-refractivity contribution is 0.223. The minimum atomic E-state index is -0.279. The van der Waals surface area contributed by atoms with Crippen LogP contribution in [0.15, 0.2) is 24.5 Å². The zero-order valence-electron chi connectivity index (χ0n) is 9.60. The Kier molecular flexibility index (Phi) is 5.13. The zero-order valence-corrected chi connectivity index (χ0v) is 9.60. The molecule has 1 aromatic rings. The maximum atomic E-state index is 11.8. The molecule has 0 aromatic carbocycles. The van der Waals surface area contributed by atoms with Gasteiger partial charge in [-0.15, -0.1) is 12.3 Å². The van der Waals surface area contributed by atoms with Gasteiger partial charge in [0.15, 0.2) is 0 Å². The quantitative estimate of drug-likeness (QED) is 0.797. The Balaban J connectivity index is 2.64. The summed E-state index contributed by atoms with van der Waals surface area (Å²) in [5.41, 5.74) is 0.629. The number of nitrogens with zero attached hydrogens (tertiary/aromatic N) is 2. The van der Waals surface area contributed by atoms with E-state index in [-0.39, 0.29) is 12.6 Å². The molecular weight excluding hydrogens is 214 g/mol. The second-order valence-corrected chi connectivity index (χ2v) is 3.16. The maximum absolute atomic E-state index is 11.8. The van der Waals surface area contributed by atoms with Crippen molar-refractivity contribution in [3.05, 3.63) is 24.5 Å². The molecule has 86 valence electrons. The van der Waals surface area contributed by atoms with Crippen LogP contribution >= 0.6 is 0 Å². The van der Waals surface area contributed by atoms with Crippen LogP contribution in [0.2, 0.25) is 0 Å². The molecule has 1 aromatic heterocycles. The predicted octanol–water partition coefficient (Wildman–Crippen LogP) is 1.57. The van der Waals surface area contributed by atoms with Crippen LogP contribution in [-0.4, -0.2) is 29.0 Å². The lowest BCUT2D eigenvalue weighted by atomic mass is 10.4. The molecule has 0 saturated carbocycles. The summed E-state index contributed by atoms with van der Waals surface area (Å²) in [6, 6.07) is 3.22. The fourth-order valence-corrected chi connectivity index (χ4v) is 1.12. The number of amides is 2. The van der Waals surface area contributed by atoms with Gasteiger partial charge in [-0.1, -0.05) is 11.8 Å². The summed E-state index contributed by atoms with van der Waals surface area (Å²) >= 11 is 0. The molecule has 0 fully saturated rings. The van der Waals surface area contributed by atoms with Gasteiger partial charge in [0.1, 0.15) is 0 Å². The highest BCUT2D eigenvalue weighted by Gasteiger charge is 2.10. The van der Waals surface area contributed by atoms with E-state index in [9.17, 15) is 4.79 Å². The number of rotatable bonds is 3. The molecule has 0 unspecified atom stereocenters. The third-order valence-electron chi connectivity index (χ3n) is 1.93. The molecule has 1 N–H and O–H groups in total. The van der Waals surface area contributed by atoms with Crippen LogP contribution in [0.1, 0.15) is 6.92 Å². The standard InChI is InChI=1S/C13H13N3O/c1-3-5-10-16(9-4-2)13(17)15-12-7-6-8-14-11-12/h2,6-8,11H,9-10H2,1H3,(H,15,17). The van der Waals surface area contributed by atoms with Gasteiger partial charge >= 0.3 is 6.03 Å². The van der Waals surface area contributed by atoms with Gasteiger partial charge in [-0.3, -0.25) is 4.98 Å². The molecule has 2 amide bonds. The molecule has 1 rings (SSSR count). The number of urea groups is 1. The normalized spacial score (nSPS) is 8.47. The first-order valence-electron chi connectivity index (χ1n) is 5.07. The summed E-state index contributed by atoms with van der Waals surface area (Å²) in [4.78, 5) is 17.2. The van der Waals surface area contributed by atoms with Crippen molar-refractivity contribution in [3.63, 3.8) is 0 Å². The monoisotopic (exact) mass is 227 g/mol. The van der Waals surface area contributed by atoms with E-state index >= 15 is 0 Å². The molecule has 0 bridgehead atoms. The highest BCUT2D eigenvalue weighted by atomic mass is 16.2. The van der Waals surface area contributed by atoms with E-state index in [1.807, 2.05) is 0 Å². The number of hydrogen-bond acceptors (Lipinski definition) is 2. The van der Waals surface area contributed by atoms with Crippen molar-refractivity contribution in [1.82, 2.24) is 9.88 Å². The Morgan fingerprint density at radius 2 is 2.41 bits per heavy atom. The van der Waals surface area contributed by atoms with E-state index in [0.717, 1.165) is 0 Å². The van der Waals surface area contributed by atoms with Crippen molar-refractivity contribution >= 4 is 11.7 Å². The van der Waals surface area contributed by atoms with Crippen molar-refractivity contribution in [2.45, 2.75) is 6.92 Å². The van der Waals surface area contributed by atoms with Crippen molar-refractivity contribution < 1.29 is 4.79 Å². The third-order valence-corrected chi connectivity index (χ3v) is 1.93. The molecule has 0 atom stereocenters. The number of hydrogen-bond donors (Lipinski definition) is 1. The summed E-state index contributed by atoms with van der Waals surface area (Å²) in [5, 5.41) is 2.70. The van der Waals surface area contributed by atoms with Gasteiger partial charge in [0.2, 0.25) is 0 Å². The fraction of sp³-hybridized carbons (Fsp3) is 0.231. The van der Waals surface area contributed by atoms with Gasteiger partial charge in [-0.2, -0.15) is 0 Å². The lowest BCUT2D eigenvalue weighted by Crippen LogP contribution is -2.35. The summed E-state index contributed by atoms with van der Waals surface area (Å²) in [5.74, 6) is 7.95. The van der Waals surface area contributed by atoms with E-state index in [0.29, 0.717) is 12.2 Å². The number of pyridine rings is 1. The van der Waals surface area contributed by atoms with E-state index in [2.05, 4.69) is 28.1 Å². The first-order chi connectivity index (χ1) is 8.27. The van der Waals surface area contributed by atoms with Gasteiger partial charge in [0.05, 0.1) is 25.0 Å². The highest BCUT2D eigenvalue weighted by Crippen LogP contribution is 2.04. The minimum Gasteiger partial charge on any atom is -0.306 e. The summed E-state index contributed by atoms with van der Waals surface area (Å²) in [6.45, 7) is 2.25. The van der Waals surface area contributed by atoms with E-state index in [4.69, 9.17) is 6.42 Å². The molecule has 4 nitrogen and oxygen atoms in total. The van der Waals surface area contributed by atoms with E-state index in [1.165, 1.54) is 4.90 Å². The largest absolute Gasteiger partial charge is 0.323 e. The predicted molar refractivity (Wildman–Crippen MR) is 67.1 cm³/mol. The average molecular weight is 227 g/mol. The third kappa shape index (κ3) is 4.27. The molecule has 0 spiro atoms. The first-order valence-corrected chi connectivity index (χ1v) is 5.07. The molecule has 17 heavy (non-hydrogen) atoms. The highest BCUT2D eigenvalue weighted by molar-refractivity contribution is 5.89. The summed E-state index contributed by atoms with van der Waals surface area (Å²) in [6.07, 6.45) is 8.40. The Morgan fingerprint density at radius 1 is 1.59 bits per heavy atom. The van der Waals surface area contributed by atoms with Crippen LogP contribution in [-0.2, 0) is 0 Å². The van der Waals surface area contributed by atoms with Crippen molar-refractivity contribution in [2.24, 2.45) is 0 Å². The van der Waals surface area contributed by atoms with Crippen molar-refractivity contribution in [1.29, 1.82) is 0 Å². The Hall–Kier alpha value is -2.46. The SMILES string of the molecule is C#CCN(CC#CC)C(=O)Nc1cccnc1. The molecule has 0 saturated heterocycles. The van der Waals surface area contributed by atoms with Gasteiger partial charge in [-0.05, 0) is 19.1 Å². The second-order valence-electron chi connectivity index (χ2n) is 3.16. The molecule has 0 aliphatic rings. The van der Waals surface area contributed by atoms with Gasteiger partial charge in [-0.25, -0.2) is 4.79 Å². The Morgan fingerprint density at radius 3 is 3.00 bits per heavy atom. The summed E-state index contributed by atoms with van der Waals surface area (Å²) < 4.78 is 0. The van der Waals surface area contributed by atoms with Gasteiger partial charge < -0.3 is 10.2 Å². The van der Waals surface area contributed by atoms with Crippen molar-refractivity contribution in [3.8, 4) is 24.2 Å². The molecule has 4 heteroatoms. The number of terminal acetylenes is 1. The van der Waals surface area contributed by atoms with Gasteiger partial charge in [0, 0.05) is 6.20 Å². The maximum Gasteiger partial charge on any atom is 0.323 e. The smallest absolute Gasteiger partial charge is 0.306 e. The van der Waals surface area contributed by atoms with Crippen LogP contribution in [0.3, 0.4) is 0 Å². The van der Waals surface area contributed by atoms with Crippen molar-refractivity contribution in [2.75, 3.05) is 18.4 Å². The van der Waals surface area contributed by atoms with Crippen LogP contribution in [0.4, 0.5) is 10.5 Å². The number of aromatic nitrogens is 1. The first kappa shape index (κ1) is 12.6. The van der Waals surface area contributed by atoms with Crippen LogP contribution in [0.5, 0.6) is 0 Å². The summed E-state index contributed by atoms with van der Waals surface area (Å²) in [7, 11) is 0.